The number of sulfone groups is 1. The molecule has 2 aromatic carbocycles. The number of benzene rings is 2. The molecule has 4 rings (SSSR count). The highest BCUT2D eigenvalue weighted by atomic mass is 32.2. The second-order valence-electron chi connectivity index (χ2n) is 7.00. The molecule has 0 fully saturated rings. The number of rotatable bonds is 7. The molecule has 0 bridgehead atoms. The van der Waals surface area contributed by atoms with Crippen LogP contribution in [0.3, 0.4) is 0 Å². The minimum absolute atomic E-state index is 0.00349. The summed E-state index contributed by atoms with van der Waals surface area (Å²) in [7, 11) is -3.89. The maximum absolute atomic E-state index is 14.1. The molecular formula is C23H20FN3O4S. The van der Waals surface area contributed by atoms with E-state index in [-0.39, 0.29) is 34.6 Å². The highest BCUT2D eigenvalue weighted by Crippen LogP contribution is 2.26. The van der Waals surface area contributed by atoms with Crippen molar-refractivity contribution in [1.29, 1.82) is 0 Å². The van der Waals surface area contributed by atoms with E-state index in [9.17, 15) is 17.6 Å². The average Bonchev–Trinajstić information content (AvgIpc) is 3.23. The minimum Gasteiger partial charge on any atom is -0.491 e. The normalized spacial score (nSPS) is 11.4. The molecule has 2 aromatic heterocycles. The summed E-state index contributed by atoms with van der Waals surface area (Å²) in [5.74, 6) is -1.02. The van der Waals surface area contributed by atoms with E-state index < -0.39 is 15.7 Å². The van der Waals surface area contributed by atoms with E-state index in [0.29, 0.717) is 11.3 Å². The molecule has 0 spiro atoms. The number of hydrogen-bond acceptors (Lipinski definition) is 5. The van der Waals surface area contributed by atoms with Crippen molar-refractivity contribution in [2.45, 2.75) is 23.3 Å². The van der Waals surface area contributed by atoms with E-state index in [0.717, 1.165) is 17.0 Å². The van der Waals surface area contributed by atoms with E-state index in [4.69, 9.17) is 4.74 Å². The monoisotopic (exact) mass is 453 g/mol. The Kier molecular flexibility index (Phi) is 5.91. The van der Waals surface area contributed by atoms with Gasteiger partial charge in [0.2, 0.25) is 9.84 Å². The van der Waals surface area contributed by atoms with Gasteiger partial charge in [0.15, 0.2) is 11.6 Å². The van der Waals surface area contributed by atoms with Crippen LogP contribution in [0.4, 0.5) is 4.39 Å². The summed E-state index contributed by atoms with van der Waals surface area (Å²) in [6.45, 7) is 2.20. The number of nitrogens with zero attached hydrogens (tertiary/aromatic N) is 1. The number of H-pyrrole nitrogens is 1. The van der Waals surface area contributed by atoms with Crippen molar-refractivity contribution in [3.8, 4) is 5.75 Å². The quantitative estimate of drug-likeness (QED) is 0.443. The zero-order valence-electron chi connectivity index (χ0n) is 17.1. The number of aromatic amines is 1. The Morgan fingerprint density at radius 1 is 1.09 bits per heavy atom. The first-order chi connectivity index (χ1) is 15.4. The third kappa shape index (κ3) is 4.33. The van der Waals surface area contributed by atoms with E-state index >= 15 is 0 Å². The van der Waals surface area contributed by atoms with E-state index in [1.807, 2.05) is 0 Å². The summed E-state index contributed by atoms with van der Waals surface area (Å²) in [5.41, 5.74) is 1.93. The lowest BCUT2D eigenvalue weighted by Crippen LogP contribution is -2.23. The van der Waals surface area contributed by atoms with Gasteiger partial charge in [-0.3, -0.25) is 9.78 Å². The first-order valence-electron chi connectivity index (χ1n) is 9.86. The molecule has 0 aliphatic carbocycles. The molecule has 9 heteroatoms. The zero-order chi connectivity index (χ0) is 22.7. The van der Waals surface area contributed by atoms with E-state index in [1.165, 1.54) is 24.3 Å². The second-order valence-corrected chi connectivity index (χ2v) is 8.95. The fraction of sp³-hybridized carbons (Fsp3) is 0.130. The summed E-state index contributed by atoms with van der Waals surface area (Å²) in [6, 6.07) is 13.1. The van der Waals surface area contributed by atoms with Gasteiger partial charge in [-0.2, -0.15) is 0 Å². The Labute approximate surface area is 184 Å². The van der Waals surface area contributed by atoms with Gasteiger partial charge in [-0.05, 0) is 55.0 Å². The molecule has 0 unspecified atom stereocenters. The summed E-state index contributed by atoms with van der Waals surface area (Å²) in [5, 5.41) is 3.62. The summed E-state index contributed by atoms with van der Waals surface area (Å²) in [6.07, 6.45) is 3.30. The van der Waals surface area contributed by atoms with Crippen LogP contribution in [-0.4, -0.2) is 30.9 Å². The number of carbonyl (C=O) groups excluding carboxylic acids is 1. The molecule has 4 aromatic rings. The van der Waals surface area contributed by atoms with Gasteiger partial charge in [0.05, 0.1) is 16.4 Å². The number of halogens is 1. The second kappa shape index (κ2) is 8.80. The summed E-state index contributed by atoms with van der Waals surface area (Å²) >= 11 is 0. The van der Waals surface area contributed by atoms with Gasteiger partial charge < -0.3 is 15.0 Å². The van der Waals surface area contributed by atoms with Crippen molar-refractivity contribution < 1.29 is 22.3 Å². The van der Waals surface area contributed by atoms with Crippen LogP contribution in [0.5, 0.6) is 5.75 Å². The molecule has 0 atom stereocenters. The molecule has 1 amide bonds. The Hall–Kier alpha value is -3.72. The molecule has 2 heterocycles. The Morgan fingerprint density at radius 2 is 1.84 bits per heavy atom. The number of fused-ring (bicyclic) bond motifs is 1. The van der Waals surface area contributed by atoms with Crippen molar-refractivity contribution in [3.05, 3.63) is 84.1 Å². The van der Waals surface area contributed by atoms with Crippen molar-refractivity contribution in [1.82, 2.24) is 15.3 Å². The van der Waals surface area contributed by atoms with Gasteiger partial charge in [-0.25, -0.2) is 12.8 Å². The molecule has 2 N–H and O–H groups in total. The van der Waals surface area contributed by atoms with Gasteiger partial charge in [0, 0.05) is 29.8 Å². The Bertz CT molecular complexity index is 1350. The van der Waals surface area contributed by atoms with Crippen LogP contribution in [0.2, 0.25) is 0 Å². The molecule has 0 radical (unpaired) electrons. The van der Waals surface area contributed by atoms with Crippen molar-refractivity contribution in [3.63, 3.8) is 0 Å². The largest absolute Gasteiger partial charge is 0.491 e. The molecule has 7 nitrogen and oxygen atoms in total. The standard InChI is InChI=1S/C23H20FN3O4S/c1-2-31-22-8-7-18(12-19(22)24)32(29,30)17-5-3-15(4-6-17)13-26-23(28)21-11-16-14-25-10-9-20(16)27-21/h3-12,14,27H,2,13H2,1H3,(H,26,28). The summed E-state index contributed by atoms with van der Waals surface area (Å²) < 4.78 is 44.8. The maximum atomic E-state index is 14.1. The van der Waals surface area contributed by atoms with Crippen molar-refractivity contribution in [2.75, 3.05) is 6.61 Å². The van der Waals surface area contributed by atoms with E-state index in [1.54, 1.807) is 43.6 Å². The highest BCUT2D eigenvalue weighted by molar-refractivity contribution is 7.91. The van der Waals surface area contributed by atoms with Crippen LogP contribution in [0, 0.1) is 5.82 Å². The third-order valence-corrected chi connectivity index (χ3v) is 6.63. The molecule has 164 valence electrons. The topological polar surface area (TPSA) is 101 Å². The van der Waals surface area contributed by atoms with Crippen LogP contribution >= 0.6 is 0 Å². The van der Waals surface area contributed by atoms with Crippen LogP contribution < -0.4 is 10.1 Å². The number of hydrogen-bond donors (Lipinski definition) is 2. The van der Waals surface area contributed by atoms with Gasteiger partial charge in [-0.15, -0.1) is 0 Å². The minimum atomic E-state index is -3.89. The number of ether oxygens (including phenoxy) is 1. The summed E-state index contributed by atoms with van der Waals surface area (Å²) in [4.78, 5) is 19.3. The Balaban J connectivity index is 1.45. The van der Waals surface area contributed by atoms with E-state index in [2.05, 4.69) is 15.3 Å². The fourth-order valence-electron chi connectivity index (χ4n) is 3.22. The maximum Gasteiger partial charge on any atom is 0.267 e. The zero-order valence-corrected chi connectivity index (χ0v) is 17.9. The SMILES string of the molecule is CCOc1ccc(S(=O)(=O)c2ccc(CNC(=O)c3cc4cnccc4[nH]3)cc2)cc1F. The molecule has 0 aliphatic heterocycles. The lowest BCUT2D eigenvalue weighted by Gasteiger charge is -2.09. The molecule has 0 saturated heterocycles. The first kappa shape index (κ1) is 21.5. The molecular weight excluding hydrogens is 433 g/mol. The number of amides is 1. The van der Waals surface area contributed by atoms with Crippen molar-refractivity contribution in [2.24, 2.45) is 0 Å². The Morgan fingerprint density at radius 3 is 2.53 bits per heavy atom. The molecule has 32 heavy (non-hydrogen) atoms. The predicted molar refractivity (Wildman–Crippen MR) is 117 cm³/mol. The first-order valence-corrected chi connectivity index (χ1v) is 11.3. The third-order valence-electron chi connectivity index (χ3n) is 4.87. The van der Waals surface area contributed by atoms with Gasteiger partial charge in [0.1, 0.15) is 5.69 Å². The van der Waals surface area contributed by atoms with Gasteiger partial charge in [-0.1, -0.05) is 12.1 Å². The number of aromatic nitrogens is 2. The predicted octanol–water partition coefficient (Wildman–Crippen LogP) is 3.86. The lowest BCUT2D eigenvalue weighted by molar-refractivity contribution is 0.0946. The highest BCUT2D eigenvalue weighted by Gasteiger charge is 2.20. The number of nitrogens with one attached hydrogen (secondary N) is 2. The number of pyridine rings is 1. The number of carbonyl (C=O) groups is 1. The molecule has 0 saturated carbocycles. The van der Waals surface area contributed by atoms with Crippen LogP contribution in [0.15, 0.2) is 76.8 Å². The van der Waals surface area contributed by atoms with Crippen molar-refractivity contribution >= 4 is 26.6 Å². The molecule has 0 aliphatic rings. The fourth-order valence-corrected chi connectivity index (χ4v) is 4.49. The lowest BCUT2D eigenvalue weighted by atomic mass is 10.2. The van der Waals surface area contributed by atoms with Crippen LogP contribution in [0.25, 0.3) is 10.9 Å². The van der Waals surface area contributed by atoms with Gasteiger partial charge >= 0.3 is 0 Å². The smallest absolute Gasteiger partial charge is 0.267 e. The van der Waals surface area contributed by atoms with Crippen LogP contribution in [0.1, 0.15) is 23.0 Å². The van der Waals surface area contributed by atoms with Gasteiger partial charge in [0.25, 0.3) is 5.91 Å². The van der Waals surface area contributed by atoms with Crippen LogP contribution in [-0.2, 0) is 16.4 Å². The average molecular weight is 453 g/mol.